The minimum Gasteiger partial charge on any atom is -0.264 e. The van der Waals surface area contributed by atoms with Gasteiger partial charge in [0.15, 0.2) is 5.03 Å². The summed E-state index contributed by atoms with van der Waals surface area (Å²) >= 11 is 0. The molecule has 0 aromatic carbocycles. The molecule has 1 rings (SSSR count). The van der Waals surface area contributed by atoms with E-state index >= 15 is 0 Å². The molecule has 0 radical (unpaired) electrons. The molecule has 13 heavy (non-hydrogen) atoms. The molecule has 0 aliphatic heterocycles. The smallest absolute Gasteiger partial charge is 0.264 e. The number of hydrogen-bond donors (Lipinski definition) is 0. The van der Waals surface area contributed by atoms with Gasteiger partial charge in [0.25, 0.3) is 0 Å². The zero-order chi connectivity index (χ0) is 9.84. The molecule has 0 saturated carbocycles. The van der Waals surface area contributed by atoms with Crippen LogP contribution in [0.3, 0.4) is 0 Å². The van der Waals surface area contributed by atoms with Crippen LogP contribution in [0, 0.1) is 10.1 Å². The Labute approximate surface area is 73.9 Å². The van der Waals surface area contributed by atoms with E-state index in [1.807, 2.05) is 0 Å². The van der Waals surface area contributed by atoms with Crippen LogP contribution in [0.25, 0.3) is 0 Å². The number of carbonyl (C=O) groups is 1. The number of nitrogens with zero attached hydrogens (tertiary/aromatic N) is 3. The lowest BCUT2D eigenvalue weighted by Gasteiger charge is -2.04. The number of nitro groups is 1. The predicted octanol–water partition coefficient (Wildman–Crippen LogP) is 0.345. The largest absolute Gasteiger partial charge is 0.315 e. The molecular weight excluding hydrogens is 174 g/mol. The van der Waals surface area contributed by atoms with E-state index < -0.39 is 10.9 Å². The van der Waals surface area contributed by atoms with E-state index in [1.54, 1.807) is 6.07 Å². The Bertz CT molecular complexity index is 325. The van der Waals surface area contributed by atoms with Gasteiger partial charge in [0.1, 0.15) is 0 Å². The highest BCUT2D eigenvalue weighted by molar-refractivity contribution is 5.92. The van der Waals surface area contributed by atoms with Gasteiger partial charge in [-0.2, -0.15) is 0 Å². The fourth-order valence-corrected chi connectivity index (χ4v) is 0.750. The van der Waals surface area contributed by atoms with Crippen molar-refractivity contribution in [2.75, 3.05) is 7.05 Å². The maximum atomic E-state index is 11.2. The molecule has 0 aliphatic rings. The zero-order valence-electron chi connectivity index (χ0n) is 6.88. The molecule has 1 aromatic rings. The minimum absolute atomic E-state index is 0.196. The van der Waals surface area contributed by atoms with Crippen molar-refractivity contribution >= 4 is 5.91 Å². The summed E-state index contributed by atoms with van der Waals surface area (Å²) in [4.78, 5) is 25.1. The van der Waals surface area contributed by atoms with Crippen LogP contribution in [0.4, 0.5) is 0 Å². The second kappa shape index (κ2) is 3.61. The van der Waals surface area contributed by atoms with Crippen LogP contribution >= 0.6 is 0 Å². The van der Waals surface area contributed by atoms with E-state index in [4.69, 9.17) is 0 Å². The van der Waals surface area contributed by atoms with Gasteiger partial charge >= 0.3 is 5.91 Å². The topological polar surface area (TPSA) is 76.3 Å². The van der Waals surface area contributed by atoms with Crippen LogP contribution < -0.4 is 0 Å². The van der Waals surface area contributed by atoms with Crippen molar-refractivity contribution in [3.8, 4) is 0 Å². The Morgan fingerprint density at radius 2 is 2.38 bits per heavy atom. The SMILES string of the molecule is CN(C(=O)c1cccnc1)[N+](=O)[O-]. The van der Waals surface area contributed by atoms with Crippen LogP contribution in [0.15, 0.2) is 24.5 Å². The van der Waals surface area contributed by atoms with Gasteiger partial charge in [0, 0.05) is 12.4 Å². The lowest BCUT2D eigenvalue weighted by molar-refractivity contribution is -0.625. The van der Waals surface area contributed by atoms with E-state index in [0.29, 0.717) is 5.01 Å². The Balaban J connectivity index is 2.86. The summed E-state index contributed by atoms with van der Waals surface area (Å²) in [7, 11) is 1.09. The van der Waals surface area contributed by atoms with E-state index in [1.165, 1.54) is 18.5 Å². The average Bonchev–Trinajstić information content (AvgIpc) is 2.17. The molecule has 0 saturated heterocycles. The molecule has 0 fully saturated rings. The van der Waals surface area contributed by atoms with E-state index in [0.717, 1.165) is 7.05 Å². The minimum atomic E-state index is -0.782. The maximum absolute atomic E-state index is 11.2. The number of hydrogen-bond acceptors (Lipinski definition) is 4. The Kier molecular flexibility index (Phi) is 2.53. The molecule has 6 nitrogen and oxygen atoms in total. The summed E-state index contributed by atoms with van der Waals surface area (Å²) < 4.78 is 0. The van der Waals surface area contributed by atoms with E-state index in [2.05, 4.69) is 4.98 Å². The van der Waals surface area contributed by atoms with Crippen LogP contribution in [-0.2, 0) is 0 Å². The molecule has 0 spiro atoms. The van der Waals surface area contributed by atoms with E-state index in [9.17, 15) is 14.9 Å². The molecule has 1 amide bonds. The fraction of sp³-hybridized carbons (Fsp3) is 0.143. The molecule has 0 aliphatic carbocycles. The van der Waals surface area contributed by atoms with Gasteiger partial charge in [-0.25, -0.2) is 10.1 Å². The summed E-state index contributed by atoms with van der Waals surface area (Å²) in [6.45, 7) is 0. The third-order valence-electron chi connectivity index (χ3n) is 1.45. The highest BCUT2D eigenvalue weighted by atomic mass is 16.7. The van der Waals surface area contributed by atoms with Crippen molar-refractivity contribution in [3.05, 3.63) is 40.2 Å². The van der Waals surface area contributed by atoms with Crippen molar-refractivity contribution < 1.29 is 9.83 Å². The number of carbonyl (C=O) groups excluding carboxylic acids is 1. The number of aromatic nitrogens is 1. The highest BCUT2D eigenvalue weighted by Crippen LogP contribution is 2.00. The molecule has 6 heteroatoms. The van der Waals surface area contributed by atoms with Crippen molar-refractivity contribution in [3.63, 3.8) is 0 Å². The van der Waals surface area contributed by atoms with Gasteiger partial charge in [-0.15, -0.1) is 0 Å². The summed E-state index contributed by atoms with van der Waals surface area (Å²) in [5.41, 5.74) is 0.196. The van der Waals surface area contributed by atoms with Gasteiger partial charge in [-0.3, -0.25) is 9.78 Å². The molecule has 68 valence electrons. The molecule has 0 bridgehead atoms. The van der Waals surface area contributed by atoms with Crippen LogP contribution in [-0.4, -0.2) is 28.0 Å². The molecule has 0 atom stereocenters. The highest BCUT2D eigenvalue weighted by Gasteiger charge is 2.19. The Morgan fingerprint density at radius 1 is 1.69 bits per heavy atom. The van der Waals surface area contributed by atoms with Crippen molar-refractivity contribution in [2.45, 2.75) is 0 Å². The molecule has 0 unspecified atom stereocenters. The van der Waals surface area contributed by atoms with Gasteiger partial charge in [-0.1, -0.05) is 5.01 Å². The lowest BCUT2D eigenvalue weighted by atomic mass is 10.3. The molecular formula is C7H7N3O3. The average molecular weight is 181 g/mol. The number of hydrazine groups is 1. The second-order valence-corrected chi connectivity index (χ2v) is 2.31. The zero-order valence-corrected chi connectivity index (χ0v) is 6.88. The number of amides is 1. The molecule has 0 N–H and O–H groups in total. The normalized spacial score (nSPS) is 9.31. The Morgan fingerprint density at radius 3 is 2.85 bits per heavy atom. The number of rotatable bonds is 2. The first kappa shape index (κ1) is 9.11. The van der Waals surface area contributed by atoms with Gasteiger partial charge in [0.2, 0.25) is 0 Å². The fourth-order valence-electron chi connectivity index (χ4n) is 0.750. The third kappa shape index (κ3) is 1.98. The monoisotopic (exact) mass is 181 g/mol. The second-order valence-electron chi connectivity index (χ2n) is 2.31. The number of pyridine rings is 1. The van der Waals surface area contributed by atoms with Crippen LogP contribution in [0.5, 0.6) is 0 Å². The predicted molar refractivity (Wildman–Crippen MR) is 43.3 cm³/mol. The summed E-state index contributed by atoms with van der Waals surface area (Å²) in [6.07, 6.45) is 2.77. The first-order chi connectivity index (χ1) is 6.13. The van der Waals surface area contributed by atoms with E-state index in [-0.39, 0.29) is 5.56 Å². The van der Waals surface area contributed by atoms with Crippen LogP contribution in [0.2, 0.25) is 0 Å². The summed E-state index contributed by atoms with van der Waals surface area (Å²) in [5, 5.41) is 9.84. The van der Waals surface area contributed by atoms with Gasteiger partial charge < -0.3 is 0 Å². The van der Waals surface area contributed by atoms with Crippen LogP contribution in [0.1, 0.15) is 10.4 Å². The van der Waals surface area contributed by atoms with Crippen molar-refractivity contribution in [1.29, 1.82) is 0 Å². The summed E-state index contributed by atoms with van der Waals surface area (Å²) in [5.74, 6) is -0.682. The molecule has 1 aromatic heterocycles. The van der Waals surface area contributed by atoms with Gasteiger partial charge in [-0.05, 0) is 12.1 Å². The first-order valence-electron chi connectivity index (χ1n) is 3.45. The van der Waals surface area contributed by atoms with Crippen molar-refractivity contribution in [1.82, 2.24) is 9.99 Å². The lowest BCUT2D eigenvalue weighted by Crippen LogP contribution is -2.32. The summed E-state index contributed by atoms with van der Waals surface area (Å²) in [6, 6.07) is 3.01. The maximum Gasteiger partial charge on any atom is 0.315 e. The standard InChI is InChI=1S/C7H7N3O3/c1-9(10(12)13)7(11)6-3-2-4-8-5-6/h2-5H,1H3. The van der Waals surface area contributed by atoms with Crippen molar-refractivity contribution in [2.24, 2.45) is 0 Å². The first-order valence-corrected chi connectivity index (χ1v) is 3.45. The molecule has 1 heterocycles. The Hall–Kier alpha value is -1.98. The third-order valence-corrected chi connectivity index (χ3v) is 1.45. The van der Waals surface area contributed by atoms with Gasteiger partial charge in [0.05, 0.1) is 12.6 Å². The quantitative estimate of drug-likeness (QED) is 0.487.